The van der Waals surface area contributed by atoms with E-state index in [9.17, 15) is 9.18 Å². The van der Waals surface area contributed by atoms with Crippen molar-refractivity contribution in [3.05, 3.63) is 35.6 Å². The highest BCUT2D eigenvalue weighted by molar-refractivity contribution is 5.78. The third-order valence-corrected chi connectivity index (χ3v) is 5.53. The van der Waals surface area contributed by atoms with Gasteiger partial charge in [-0.1, -0.05) is 12.1 Å². The maximum Gasteiger partial charge on any atom is 0.226 e. The fourth-order valence-electron chi connectivity index (χ4n) is 3.94. The van der Waals surface area contributed by atoms with Crippen LogP contribution in [0.5, 0.6) is 0 Å². The van der Waals surface area contributed by atoms with E-state index in [-0.39, 0.29) is 23.4 Å². The average molecular weight is 379 g/mol. The van der Waals surface area contributed by atoms with Crippen LogP contribution >= 0.6 is 0 Å². The summed E-state index contributed by atoms with van der Waals surface area (Å²) in [5.74, 6) is -0.185. The van der Waals surface area contributed by atoms with E-state index in [0.717, 1.165) is 31.2 Å². The number of carbonyl (C=O) groups excluding carboxylic acids is 1. The Kier molecular flexibility index (Phi) is 7.21. The molecule has 0 aromatic heterocycles. The van der Waals surface area contributed by atoms with Crippen LogP contribution in [0.1, 0.15) is 38.2 Å². The van der Waals surface area contributed by atoms with Gasteiger partial charge in [-0.05, 0) is 43.9 Å². The monoisotopic (exact) mass is 379 g/mol. The van der Waals surface area contributed by atoms with E-state index in [2.05, 4.69) is 0 Å². The first kappa shape index (κ1) is 20.2. The van der Waals surface area contributed by atoms with E-state index in [1.165, 1.54) is 12.1 Å². The number of piperidine rings is 1. The summed E-state index contributed by atoms with van der Waals surface area (Å²) >= 11 is 0. The van der Waals surface area contributed by atoms with Gasteiger partial charge >= 0.3 is 0 Å². The second-order valence-corrected chi connectivity index (χ2v) is 7.40. The maximum atomic E-state index is 13.0. The molecule has 1 amide bonds. The number of carbonyl (C=O) groups is 1. The Balaban J connectivity index is 1.45. The first-order valence-electron chi connectivity index (χ1n) is 9.96. The summed E-state index contributed by atoms with van der Waals surface area (Å²) in [7, 11) is 0. The highest BCUT2D eigenvalue weighted by Crippen LogP contribution is 2.36. The lowest BCUT2D eigenvalue weighted by atomic mass is 9.83. The van der Waals surface area contributed by atoms with Crippen LogP contribution in [0.4, 0.5) is 4.39 Å². The molecule has 1 unspecified atom stereocenters. The molecule has 150 valence electrons. The Bertz CT molecular complexity index is 599. The zero-order valence-electron chi connectivity index (χ0n) is 16.1. The molecule has 0 saturated carbocycles. The van der Waals surface area contributed by atoms with Crippen LogP contribution in [0.15, 0.2) is 24.3 Å². The molecule has 1 atom stereocenters. The molecule has 0 aliphatic carbocycles. The second-order valence-electron chi connectivity index (χ2n) is 7.40. The van der Waals surface area contributed by atoms with Crippen molar-refractivity contribution in [3.8, 4) is 0 Å². The molecular formula is C21H30FNO4. The van der Waals surface area contributed by atoms with Crippen LogP contribution in [0.3, 0.4) is 0 Å². The number of likely N-dealkylation sites (tertiary alicyclic amines) is 1. The van der Waals surface area contributed by atoms with Gasteiger partial charge in [0.2, 0.25) is 5.91 Å². The number of ether oxygens (including phenoxy) is 3. The minimum Gasteiger partial charge on any atom is -0.379 e. The second kappa shape index (κ2) is 9.62. The van der Waals surface area contributed by atoms with Crippen LogP contribution in [-0.2, 0) is 25.4 Å². The lowest BCUT2D eigenvalue weighted by Crippen LogP contribution is -2.52. The Morgan fingerprint density at radius 2 is 2.00 bits per heavy atom. The Hall–Kier alpha value is -1.50. The van der Waals surface area contributed by atoms with Gasteiger partial charge in [0.25, 0.3) is 0 Å². The molecule has 2 aliphatic rings. The normalized spacial score (nSPS) is 22.1. The summed E-state index contributed by atoms with van der Waals surface area (Å²) in [6, 6.07) is 6.14. The van der Waals surface area contributed by atoms with E-state index in [0.29, 0.717) is 45.9 Å². The van der Waals surface area contributed by atoms with Crippen LogP contribution in [-0.4, -0.2) is 62.0 Å². The highest BCUT2D eigenvalue weighted by Gasteiger charge is 2.41. The van der Waals surface area contributed by atoms with Crippen molar-refractivity contribution in [1.82, 2.24) is 4.90 Å². The molecular weight excluding hydrogens is 349 g/mol. The standard InChI is InChI=1S/C21H30FNO4/c1-2-25-13-14-26-19-7-12-27-21(16-19)8-10-23(11-9-21)20(24)15-17-3-5-18(22)6-4-17/h3-6,19H,2,7-16H2,1H3. The first-order chi connectivity index (χ1) is 13.1. The van der Waals surface area contributed by atoms with Gasteiger partial charge in [0.15, 0.2) is 0 Å². The van der Waals surface area contributed by atoms with Gasteiger partial charge in [0.1, 0.15) is 5.82 Å². The largest absolute Gasteiger partial charge is 0.379 e. The highest BCUT2D eigenvalue weighted by atomic mass is 19.1. The number of nitrogens with zero attached hydrogens (tertiary/aromatic N) is 1. The third-order valence-electron chi connectivity index (χ3n) is 5.53. The molecule has 6 heteroatoms. The summed E-state index contributed by atoms with van der Waals surface area (Å²) in [5.41, 5.74) is 0.680. The van der Waals surface area contributed by atoms with Crippen molar-refractivity contribution in [3.63, 3.8) is 0 Å². The zero-order chi connectivity index (χ0) is 19.1. The Morgan fingerprint density at radius 1 is 1.26 bits per heavy atom. The number of benzene rings is 1. The quantitative estimate of drug-likeness (QED) is 0.684. The summed E-state index contributed by atoms with van der Waals surface area (Å²) in [4.78, 5) is 14.4. The first-order valence-corrected chi connectivity index (χ1v) is 9.96. The molecule has 2 fully saturated rings. The molecule has 1 aromatic rings. The fourth-order valence-corrected chi connectivity index (χ4v) is 3.94. The number of halogens is 1. The van der Waals surface area contributed by atoms with Crippen molar-refractivity contribution in [2.24, 2.45) is 0 Å². The van der Waals surface area contributed by atoms with Crippen LogP contribution < -0.4 is 0 Å². The van der Waals surface area contributed by atoms with Gasteiger partial charge in [-0.2, -0.15) is 0 Å². The number of hydrogen-bond donors (Lipinski definition) is 0. The molecule has 2 aliphatic heterocycles. The number of rotatable bonds is 7. The lowest BCUT2D eigenvalue weighted by Gasteiger charge is -2.46. The smallest absolute Gasteiger partial charge is 0.226 e. The van der Waals surface area contributed by atoms with Crippen molar-refractivity contribution in [2.75, 3.05) is 39.5 Å². The SMILES string of the molecule is CCOCCOC1CCOC2(CCN(C(=O)Cc3ccc(F)cc3)CC2)C1. The number of amides is 1. The van der Waals surface area contributed by atoms with Crippen molar-refractivity contribution >= 4 is 5.91 Å². The van der Waals surface area contributed by atoms with Crippen LogP contribution in [0, 0.1) is 5.82 Å². The molecule has 1 aromatic carbocycles. The molecule has 5 nitrogen and oxygen atoms in total. The van der Waals surface area contributed by atoms with E-state index in [1.807, 2.05) is 11.8 Å². The lowest BCUT2D eigenvalue weighted by molar-refractivity contribution is -0.163. The molecule has 27 heavy (non-hydrogen) atoms. The summed E-state index contributed by atoms with van der Waals surface area (Å²) in [5, 5.41) is 0. The molecule has 2 heterocycles. The Labute approximate surface area is 160 Å². The topological polar surface area (TPSA) is 48.0 Å². The van der Waals surface area contributed by atoms with Gasteiger partial charge in [-0.15, -0.1) is 0 Å². The van der Waals surface area contributed by atoms with Crippen LogP contribution in [0.25, 0.3) is 0 Å². The molecule has 0 N–H and O–H groups in total. The summed E-state index contributed by atoms with van der Waals surface area (Å²) < 4.78 is 30.4. The van der Waals surface area contributed by atoms with Crippen molar-refractivity contribution in [2.45, 2.75) is 50.7 Å². The molecule has 1 spiro atoms. The minimum absolute atomic E-state index is 0.0942. The predicted molar refractivity (Wildman–Crippen MR) is 100 cm³/mol. The fraction of sp³-hybridized carbons (Fsp3) is 0.667. The van der Waals surface area contributed by atoms with Crippen LogP contribution in [0.2, 0.25) is 0 Å². The van der Waals surface area contributed by atoms with E-state index in [1.54, 1.807) is 12.1 Å². The van der Waals surface area contributed by atoms with E-state index >= 15 is 0 Å². The van der Waals surface area contributed by atoms with Gasteiger partial charge in [0, 0.05) is 32.7 Å². The molecule has 0 radical (unpaired) electrons. The molecule has 2 saturated heterocycles. The summed E-state index contributed by atoms with van der Waals surface area (Å²) in [6.07, 6.45) is 4.01. The van der Waals surface area contributed by atoms with Gasteiger partial charge in [-0.25, -0.2) is 4.39 Å². The van der Waals surface area contributed by atoms with E-state index in [4.69, 9.17) is 14.2 Å². The van der Waals surface area contributed by atoms with Crippen molar-refractivity contribution < 1.29 is 23.4 Å². The summed E-state index contributed by atoms with van der Waals surface area (Å²) in [6.45, 7) is 6.06. The van der Waals surface area contributed by atoms with E-state index < -0.39 is 0 Å². The Morgan fingerprint density at radius 3 is 2.70 bits per heavy atom. The minimum atomic E-state index is -0.279. The van der Waals surface area contributed by atoms with Crippen molar-refractivity contribution in [1.29, 1.82) is 0 Å². The predicted octanol–water partition coefficient (Wildman–Crippen LogP) is 2.96. The maximum absolute atomic E-state index is 13.0. The number of hydrogen-bond acceptors (Lipinski definition) is 4. The average Bonchev–Trinajstić information content (AvgIpc) is 2.68. The zero-order valence-corrected chi connectivity index (χ0v) is 16.1. The molecule has 0 bridgehead atoms. The van der Waals surface area contributed by atoms with Gasteiger partial charge < -0.3 is 19.1 Å². The molecule has 3 rings (SSSR count). The van der Waals surface area contributed by atoms with Gasteiger partial charge in [-0.3, -0.25) is 4.79 Å². The van der Waals surface area contributed by atoms with Gasteiger partial charge in [0.05, 0.1) is 31.3 Å². The third kappa shape index (κ3) is 5.74.